The standard InChI is InChI=1S/C20H25ClN4O2S/c21-16-8-6-15(7-9-16)19-22-23-20(25(19)13-17-5-4-12-27-17)28-14-18(26)24-10-2-1-3-11-24/h6-9,17H,1-5,10-14H2/t17-/m1/s1. The highest BCUT2D eigenvalue weighted by molar-refractivity contribution is 7.99. The number of carbonyl (C=O) groups excluding carboxylic acids is 1. The van der Waals surface area contributed by atoms with Crippen LogP contribution in [-0.4, -0.2) is 57.1 Å². The fraction of sp³-hybridized carbons (Fsp3) is 0.550. The third-order valence-electron chi connectivity index (χ3n) is 5.26. The van der Waals surface area contributed by atoms with Crippen LogP contribution in [0.3, 0.4) is 0 Å². The van der Waals surface area contributed by atoms with Crippen molar-refractivity contribution in [3.05, 3.63) is 29.3 Å². The summed E-state index contributed by atoms with van der Waals surface area (Å²) >= 11 is 7.50. The molecule has 150 valence electrons. The number of hydrogen-bond acceptors (Lipinski definition) is 5. The van der Waals surface area contributed by atoms with Crippen molar-refractivity contribution < 1.29 is 9.53 Å². The summed E-state index contributed by atoms with van der Waals surface area (Å²) in [5.74, 6) is 1.37. The zero-order valence-electron chi connectivity index (χ0n) is 15.8. The maximum Gasteiger partial charge on any atom is 0.233 e. The summed E-state index contributed by atoms with van der Waals surface area (Å²) in [4.78, 5) is 14.5. The van der Waals surface area contributed by atoms with Gasteiger partial charge in [-0.05, 0) is 56.4 Å². The molecule has 4 rings (SSSR count). The van der Waals surface area contributed by atoms with Crippen molar-refractivity contribution in [2.24, 2.45) is 0 Å². The van der Waals surface area contributed by atoms with Gasteiger partial charge in [-0.2, -0.15) is 0 Å². The maximum absolute atomic E-state index is 12.5. The minimum absolute atomic E-state index is 0.166. The molecule has 2 fully saturated rings. The summed E-state index contributed by atoms with van der Waals surface area (Å²) < 4.78 is 7.92. The highest BCUT2D eigenvalue weighted by Gasteiger charge is 2.23. The highest BCUT2D eigenvalue weighted by Crippen LogP contribution is 2.27. The van der Waals surface area contributed by atoms with E-state index in [1.165, 1.54) is 18.2 Å². The molecule has 28 heavy (non-hydrogen) atoms. The Morgan fingerprint density at radius 1 is 1.14 bits per heavy atom. The van der Waals surface area contributed by atoms with E-state index in [-0.39, 0.29) is 12.0 Å². The molecule has 2 aliphatic heterocycles. The number of amides is 1. The number of carbonyl (C=O) groups is 1. The molecule has 1 atom stereocenters. The Morgan fingerprint density at radius 3 is 2.64 bits per heavy atom. The third kappa shape index (κ3) is 4.70. The van der Waals surface area contributed by atoms with Gasteiger partial charge in [0.25, 0.3) is 0 Å². The van der Waals surface area contributed by atoms with E-state index in [0.29, 0.717) is 17.3 Å². The van der Waals surface area contributed by atoms with Crippen LogP contribution in [0, 0.1) is 0 Å². The smallest absolute Gasteiger partial charge is 0.233 e. The van der Waals surface area contributed by atoms with Gasteiger partial charge in [0.1, 0.15) is 0 Å². The van der Waals surface area contributed by atoms with Crippen LogP contribution < -0.4 is 0 Å². The summed E-state index contributed by atoms with van der Waals surface area (Å²) in [5.41, 5.74) is 0.962. The lowest BCUT2D eigenvalue weighted by Crippen LogP contribution is -2.36. The first-order valence-electron chi connectivity index (χ1n) is 9.92. The van der Waals surface area contributed by atoms with Gasteiger partial charge in [-0.3, -0.25) is 9.36 Å². The van der Waals surface area contributed by atoms with Gasteiger partial charge in [0.15, 0.2) is 11.0 Å². The van der Waals surface area contributed by atoms with Gasteiger partial charge < -0.3 is 9.64 Å². The first-order chi connectivity index (χ1) is 13.7. The summed E-state index contributed by atoms with van der Waals surface area (Å²) in [6.07, 6.45) is 5.71. The van der Waals surface area contributed by atoms with Crippen molar-refractivity contribution in [2.75, 3.05) is 25.4 Å². The molecule has 1 aromatic heterocycles. The Hall–Kier alpha value is -1.57. The molecule has 6 nitrogen and oxygen atoms in total. The van der Waals surface area contributed by atoms with Gasteiger partial charge in [0.2, 0.25) is 5.91 Å². The summed E-state index contributed by atoms with van der Waals surface area (Å²) in [6.45, 7) is 3.25. The van der Waals surface area contributed by atoms with Crippen LogP contribution in [0.25, 0.3) is 11.4 Å². The van der Waals surface area contributed by atoms with E-state index >= 15 is 0 Å². The van der Waals surface area contributed by atoms with Crippen LogP contribution in [0.15, 0.2) is 29.4 Å². The first-order valence-corrected chi connectivity index (χ1v) is 11.3. The SMILES string of the molecule is O=C(CSc1nnc(-c2ccc(Cl)cc2)n1C[C@H]1CCCO1)N1CCCCC1. The molecular formula is C20H25ClN4O2S. The van der Waals surface area contributed by atoms with Crippen LogP contribution >= 0.6 is 23.4 Å². The van der Waals surface area contributed by atoms with E-state index in [0.717, 1.165) is 61.9 Å². The molecular weight excluding hydrogens is 396 g/mol. The van der Waals surface area contributed by atoms with Crippen molar-refractivity contribution >= 4 is 29.3 Å². The molecule has 8 heteroatoms. The number of piperidine rings is 1. The fourth-order valence-corrected chi connectivity index (χ4v) is 4.70. The van der Waals surface area contributed by atoms with Crippen LogP contribution in [-0.2, 0) is 16.1 Å². The van der Waals surface area contributed by atoms with Gasteiger partial charge in [0, 0.05) is 30.3 Å². The Labute approximate surface area is 174 Å². The Balaban J connectivity index is 1.52. The quantitative estimate of drug-likeness (QED) is 0.663. The predicted octanol–water partition coefficient (Wildman–Crippen LogP) is 3.88. The van der Waals surface area contributed by atoms with Gasteiger partial charge in [0.05, 0.1) is 18.4 Å². The number of nitrogens with zero attached hydrogens (tertiary/aromatic N) is 4. The number of thioether (sulfide) groups is 1. The Morgan fingerprint density at radius 2 is 1.93 bits per heavy atom. The van der Waals surface area contributed by atoms with Gasteiger partial charge >= 0.3 is 0 Å². The monoisotopic (exact) mass is 420 g/mol. The Kier molecular flexibility index (Phi) is 6.54. The average molecular weight is 421 g/mol. The van der Waals surface area contributed by atoms with E-state index in [1.54, 1.807) is 0 Å². The molecule has 1 amide bonds. The lowest BCUT2D eigenvalue weighted by Gasteiger charge is -2.26. The first kappa shape index (κ1) is 19.7. The molecule has 3 heterocycles. The molecule has 1 aromatic carbocycles. The Bertz CT molecular complexity index is 799. The number of rotatable bonds is 6. The second kappa shape index (κ2) is 9.29. The minimum Gasteiger partial charge on any atom is -0.376 e. The van der Waals surface area contributed by atoms with E-state index in [4.69, 9.17) is 16.3 Å². The number of ether oxygens (including phenoxy) is 1. The van der Waals surface area contributed by atoms with E-state index in [2.05, 4.69) is 14.8 Å². The number of hydrogen-bond donors (Lipinski definition) is 0. The molecule has 0 unspecified atom stereocenters. The van der Waals surface area contributed by atoms with Crippen molar-refractivity contribution in [3.63, 3.8) is 0 Å². The summed E-state index contributed by atoms with van der Waals surface area (Å²) in [5, 5.41) is 10.3. The van der Waals surface area contributed by atoms with Gasteiger partial charge in [-0.15, -0.1) is 10.2 Å². The van der Waals surface area contributed by atoms with Crippen LogP contribution in [0.5, 0.6) is 0 Å². The largest absolute Gasteiger partial charge is 0.376 e. The second-order valence-corrected chi connectivity index (χ2v) is 8.67. The zero-order valence-corrected chi connectivity index (χ0v) is 17.4. The minimum atomic E-state index is 0.166. The summed E-state index contributed by atoms with van der Waals surface area (Å²) in [7, 11) is 0. The number of likely N-dealkylation sites (tertiary alicyclic amines) is 1. The number of benzene rings is 1. The molecule has 0 spiro atoms. The van der Waals surface area contributed by atoms with Crippen molar-refractivity contribution in [3.8, 4) is 11.4 Å². The molecule has 0 saturated carbocycles. The summed E-state index contributed by atoms with van der Waals surface area (Å²) in [6, 6.07) is 7.61. The maximum atomic E-state index is 12.5. The molecule has 0 bridgehead atoms. The number of aromatic nitrogens is 3. The van der Waals surface area contributed by atoms with E-state index in [1.807, 2.05) is 29.2 Å². The number of halogens is 1. The van der Waals surface area contributed by atoms with Crippen LogP contribution in [0.2, 0.25) is 5.02 Å². The topological polar surface area (TPSA) is 60.3 Å². The average Bonchev–Trinajstić information content (AvgIpc) is 3.38. The van der Waals surface area contributed by atoms with E-state index < -0.39 is 0 Å². The van der Waals surface area contributed by atoms with Crippen molar-refractivity contribution in [2.45, 2.75) is 49.9 Å². The predicted molar refractivity (Wildman–Crippen MR) is 111 cm³/mol. The zero-order chi connectivity index (χ0) is 19.3. The van der Waals surface area contributed by atoms with E-state index in [9.17, 15) is 4.79 Å². The van der Waals surface area contributed by atoms with Crippen LogP contribution in [0.4, 0.5) is 0 Å². The van der Waals surface area contributed by atoms with Gasteiger partial charge in [-0.1, -0.05) is 23.4 Å². The molecule has 2 aromatic rings. The lowest BCUT2D eigenvalue weighted by atomic mass is 10.1. The fourth-order valence-electron chi connectivity index (χ4n) is 3.73. The molecule has 0 radical (unpaired) electrons. The molecule has 2 aliphatic rings. The highest BCUT2D eigenvalue weighted by atomic mass is 35.5. The third-order valence-corrected chi connectivity index (χ3v) is 6.47. The molecule has 0 aliphatic carbocycles. The van der Waals surface area contributed by atoms with Crippen molar-refractivity contribution in [1.82, 2.24) is 19.7 Å². The normalized spacial score (nSPS) is 19.9. The van der Waals surface area contributed by atoms with Crippen molar-refractivity contribution in [1.29, 1.82) is 0 Å². The second-order valence-electron chi connectivity index (χ2n) is 7.29. The lowest BCUT2D eigenvalue weighted by molar-refractivity contribution is -0.129. The molecule has 2 saturated heterocycles. The molecule has 0 N–H and O–H groups in total. The van der Waals surface area contributed by atoms with Gasteiger partial charge in [-0.25, -0.2) is 0 Å². The van der Waals surface area contributed by atoms with Crippen LogP contribution in [0.1, 0.15) is 32.1 Å².